The molecule has 3 aromatic carbocycles. The Kier molecular flexibility index (Phi) is 6.25. The molecule has 2 heterocycles. The minimum Gasteiger partial charge on any atom is -0.496 e. The minimum absolute atomic E-state index is 0.211. The number of H-pyrrole nitrogens is 1. The number of ether oxygens (including phenoxy) is 1. The normalized spacial score (nSPS) is 14.6. The summed E-state index contributed by atoms with van der Waals surface area (Å²) in [4.78, 5) is 24.3. The Morgan fingerprint density at radius 3 is 2.46 bits per heavy atom. The van der Waals surface area contributed by atoms with E-state index in [4.69, 9.17) is 4.74 Å². The Bertz CT molecular complexity index is 1440. The van der Waals surface area contributed by atoms with Crippen molar-refractivity contribution in [3.8, 4) is 22.8 Å². The van der Waals surface area contributed by atoms with Crippen molar-refractivity contribution in [1.82, 2.24) is 9.88 Å². The molecule has 0 aliphatic carbocycles. The van der Waals surface area contributed by atoms with E-state index in [9.17, 15) is 9.90 Å². The van der Waals surface area contributed by atoms with Crippen LogP contribution in [0.1, 0.15) is 5.56 Å². The molecule has 0 amide bonds. The highest BCUT2D eigenvalue weighted by Crippen LogP contribution is 2.33. The number of benzene rings is 3. The topological polar surface area (TPSA) is 81.2 Å². The highest BCUT2D eigenvalue weighted by molar-refractivity contribution is 6.03. The Morgan fingerprint density at radius 1 is 0.971 bits per heavy atom. The first-order valence-electron chi connectivity index (χ1n) is 11.6. The van der Waals surface area contributed by atoms with Gasteiger partial charge in [-0.2, -0.15) is 0 Å². The molecule has 1 aromatic heterocycles. The van der Waals surface area contributed by atoms with Crippen LogP contribution in [0.25, 0.3) is 21.9 Å². The van der Waals surface area contributed by atoms with E-state index in [1.54, 1.807) is 19.4 Å². The Morgan fingerprint density at radius 2 is 1.71 bits per heavy atom. The second kappa shape index (κ2) is 9.64. The summed E-state index contributed by atoms with van der Waals surface area (Å²) in [6, 6.07) is 21.3. The Hall–Kier alpha value is -4.10. The summed E-state index contributed by atoms with van der Waals surface area (Å²) >= 11 is 0. The van der Waals surface area contributed by atoms with E-state index in [1.807, 2.05) is 48.5 Å². The fourth-order valence-electron chi connectivity index (χ4n) is 4.47. The number of fused-ring (bicyclic) bond motifs is 1. The average Bonchev–Trinajstić information content (AvgIpc) is 2.89. The molecule has 1 saturated heterocycles. The number of nitrogens with zero attached hydrogens (tertiary/aromatic N) is 3. The first kappa shape index (κ1) is 22.7. The number of aromatic hydroxyl groups is 1. The van der Waals surface area contributed by atoms with Gasteiger partial charge >= 0.3 is 0 Å². The summed E-state index contributed by atoms with van der Waals surface area (Å²) in [6.45, 7) is 4.11. The van der Waals surface area contributed by atoms with Crippen molar-refractivity contribution >= 4 is 28.4 Å². The van der Waals surface area contributed by atoms with Gasteiger partial charge in [0.25, 0.3) is 5.56 Å². The molecule has 4 aromatic rings. The van der Waals surface area contributed by atoms with Crippen molar-refractivity contribution in [3.63, 3.8) is 0 Å². The summed E-state index contributed by atoms with van der Waals surface area (Å²) in [7, 11) is 3.77. The second-order valence-corrected chi connectivity index (χ2v) is 8.74. The van der Waals surface area contributed by atoms with Crippen LogP contribution in [0.2, 0.25) is 0 Å². The van der Waals surface area contributed by atoms with E-state index < -0.39 is 0 Å². The van der Waals surface area contributed by atoms with Crippen molar-refractivity contribution in [3.05, 3.63) is 82.6 Å². The fraction of sp³-hybridized carbons (Fsp3) is 0.214. The molecule has 178 valence electrons. The summed E-state index contributed by atoms with van der Waals surface area (Å²) in [5.41, 5.74) is 3.83. The number of anilines is 1. The van der Waals surface area contributed by atoms with Crippen molar-refractivity contribution in [1.29, 1.82) is 0 Å². The molecular weight excluding hydrogens is 440 g/mol. The number of methoxy groups -OCH3 is 1. The lowest BCUT2D eigenvalue weighted by atomic mass is 9.99. The molecule has 1 fully saturated rings. The highest BCUT2D eigenvalue weighted by atomic mass is 16.5. The van der Waals surface area contributed by atoms with Crippen LogP contribution in [0.5, 0.6) is 11.6 Å². The lowest BCUT2D eigenvalue weighted by Crippen LogP contribution is -2.44. The third kappa shape index (κ3) is 4.63. The number of hydrogen-bond donors (Lipinski definition) is 2. The molecule has 0 unspecified atom stereocenters. The number of nitrogens with one attached hydrogen (secondary N) is 1. The van der Waals surface area contributed by atoms with Gasteiger partial charge in [-0.15, -0.1) is 0 Å². The standard InChI is InChI=1S/C28H28N4O3/c1-31-13-15-32(16-14-31)21-10-8-20(9-11-21)29-18-25-24-17-19(22-5-3-4-6-26(22)35-2)7-12-23(24)27(33)30-28(25)34/h3-12,17-18H,13-16H2,1-2H3,(H2,30,33,34). The zero-order valence-corrected chi connectivity index (χ0v) is 19.9. The van der Waals surface area contributed by atoms with Crippen LogP contribution in [0, 0.1) is 0 Å². The second-order valence-electron chi connectivity index (χ2n) is 8.74. The molecule has 0 saturated carbocycles. The van der Waals surface area contributed by atoms with Crippen molar-refractivity contribution in [2.45, 2.75) is 0 Å². The number of para-hydroxylation sites is 1. The molecule has 2 N–H and O–H groups in total. The predicted octanol–water partition coefficient (Wildman–Crippen LogP) is 4.41. The van der Waals surface area contributed by atoms with Crippen LogP contribution in [0.15, 0.2) is 76.5 Å². The first-order valence-corrected chi connectivity index (χ1v) is 11.6. The molecule has 7 nitrogen and oxygen atoms in total. The van der Waals surface area contributed by atoms with Gasteiger partial charge in [0.05, 0.1) is 18.4 Å². The quantitative estimate of drug-likeness (QED) is 0.424. The van der Waals surface area contributed by atoms with Gasteiger partial charge in [-0.05, 0) is 55.1 Å². The highest BCUT2D eigenvalue weighted by Gasteiger charge is 2.15. The van der Waals surface area contributed by atoms with Gasteiger partial charge in [-0.1, -0.05) is 24.3 Å². The van der Waals surface area contributed by atoms with Gasteiger partial charge in [0, 0.05) is 54.4 Å². The maximum Gasteiger partial charge on any atom is 0.258 e. The molecule has 0 spiro atoms. The van der Waals surface area contributed by atoms with Crippen LogP contribution < -0.4 is 15.2 Å². The van der Waals surface area contributed by atoms with Gasteiger partial charge in [0.2, 0.25) is 5.88 Å². The van der Waals surface area contributed by atoms with Crippen molar-refractivity contribution in [2.75, 3.05) is 45.2 Å². The lowest BCUT2D eigenvalue weighted by molar-refractivity contribution is 0.313. The number of aliphatic imine (C=N–C) groups is 1. The number of likely N-dealkylation sites (N-methyl/N-ethyl adjacent to an activating group) is 1. The monoisotopic (exact) mass is 468 g/mol. The molecule has 5 rings (SSSR count). The molecule has 1 aliphatic rings. The van der Waals surface area contributed by atoms with Crippen LogP contribution >= 0.6 is 0 Å². The summed E-state index contributed by atoms with van der Waals surface area (Å²) in [5.74, 6) is 0.522. The number of hydrogen-bond acceptors (Lipinski definition) is 6. The van der Waals surface area contributed by atoms with Crippen LogP contribution in [-0.4, -0.2) is 61.5 Å². The Balaban J connectivity index is 1.49. The van der Waals surface area contributed by atoms with E-state index in [1.165, 1.54) is 5.69 Å². The number of aromatic nitrogens is 1. The van der Waals surface area contributed by atoms with Crippen LogP contribution in [-0.2, 0) is 0 Å². The maximum absolute atomic E-state index is 12.5. The molecule has 35 heavy (non-hydrogen) atoms. The summed E-state index contributed by atoms with van der Waals surface area (Å²) in [5, 5.41) is 11.7. The molecule has 0 atom stereocenters. The number of aromatic amines is 1. The average molecular weight is 469 g/mol. The smallest absolute Gasteiger partial charge is 0.258 e. The largest absolute Gasteiger partial charge is 0.496 e. The third-order valence-corrected chi connectivity index (χ3v) is 6.52. The van der Waals surface area contributed by atoms with Gasteiger partial charge in [-0.3, -0.25) is 14.8 Å². The Labute approximate surface area is 203 Å². The number of piperazine rings is 1. The number of rotatable bonds is 5. The van der Waals surface area contributed by atoms with Crippen molar-refractivity contribution in [2.24, 2.45) is 4.99 Å². The molecule has 1 aliphatic heterocycles. The third-order valence-electron chi connectivity index (χ3n) is 6.52. The van der Waals surface area contributed by atoms with E-state index in [0.29, 0.717) is 16.3 Å². The van der Waals surface area contributed by atoms with Gasteiger partial charge in [0.15, 0.2) is 0 Å². The summed E-state index contributed by atoms with van der Waals surface area (Å²) in [6.07, 6.45) is 1.60. The zero-order chi connectivity index (χ0) is 24.4. The minimum atomic E-state index is -0.349. The first-order chi connectivity index (χ1) is 17.0. The van der Waals surface area contributed by atoms with E-state index >= 15 is 0 Å². The van der Waals surface area contributed by atoms with Gasteiger partial charge < -0.3 is 19.6 Å². The molecule has 0 radical (unpaired) electrons. The predicted molar refractivity (Wildman–Crippen MR) is 142 cm³/mol. The van der Waals surface area contributed by atoms with E-state index in [-0.39, 0.29) is 11.4 Å². The zero-order valence-electron chi connectivity index (χ0n) is 19.9. The summed E-state index contributed by atoms with van der Waals surface area (Å²) < 4.78 is 5.50. The van der Waals surface area contributed by atoms with E-state index in [0.717, 1.165) is 48.7 Å². The SMILES string of the molecule is COc1ccccc1-c1ccc2c(=O)[nH]c(O)c(C=Nc3ccc(N4CCN(C)CC4)cc3)c2c1. The molecule has 7 heteroatoms. The van der Waals surface area contributed by atoms with Crippen molar-refractivity contribution < 1.29 is 9.84 Å². The lowest BCUT2D eigenvalue weighted by Gasteiger charge is -2.34. The van der Waals surface area contributed by atoms with E-state index in [2.05, 4.69) is 39.0 Å². The van der Waals surface area contributed by atoms with Gasteiger partial charge in [-0.25, -0.2) is 0 Å². The molecular formula is C28H28N4O3. The number of pyridine rings is 1. The van der Waals surface area contributed by atoms with Gasteiger partial charge in [0.1, 0.15) is 5.75 Å². The van der Waals surface area contributed by atoms with Crippen LogP contribution in [0.3, 0.4) is 0 Å². The fourth-order valence-corrected chi connectivity index (χ4v) is 4.47. The molecule has 0 bridgehead atoms. The van der Waals surface area contributed by atoms with Crippen LogP contribution in [0.4, 0.5) is 11.4 Å². The maximum atomic E-state index is 12.5.